The molecule has 1 aliphatic heterocycles. The number of nitrogens with zero attached hydrogens (tertiary/aromatic N) is 2. The quantitative estimate of drug-likeness (QED) is 0.873. The Morgan fingerprint density at radius 3 is 2.94 bits per heavy atom. The van der Waals surface area contributed by atoms with Gasteiger partial charge in [-0.3, -0.25) is 10.2 Å². The van der Waals surface area contributed by atoms with Gasteiger partial charge in [-0.25, -0.2) is 9.66 Å². The molecule has 5 heteroatoms. The Bertz CT molecular complexity index is 558. The van der Waals surface area contributed by atoms with Gasteiger partial charge >= 0.3 is 0 Å². The predicted molar refractivity (Wildman–Crippen MR) is 67.6 cm³/mol. The summed E-state index contributed by atoms with van der Waals surface area (Å²) in [7, 11) is 0. The average Bonchev–Trinajstić information content (AvgIpc) is 2.83. The summed E-state index contributed by atoms with van der Waals surface area (Å²) in [6, 6.07) is 7.72. The van der Waals surface area contributed by atoms with Crippen molar-refractivity contribution in [3.8, 4) is 0 Å². The van der Waals surface area contributed by atoms with E-state index in [4.69, 9.17) is 4.74 Å². The van der Waals surface area contributed by atoms with Crippen LogP contribution in [0.1, 0.15) is 12.8 Å². The second-order valence-electron chi connectivity index (χ2n) is 4.47. The third-order valence-corrected chi connectivity index (χ3v) is 3.28. The number of nitrogens with one attached hydrogen (secondary N) is 1. The lowest BCUT2D eigenvalue weighted by Gasteiger charge is -2.21. The van der Waals surface area contributed by atoms with Crippen molar-refractivity contribution < 1.29 is 9.53 Å². The molecule has 0 saturated carbocycles. The highest BCUT2D eigenvalue weighted by atomic mass is 16.5. The van der Waals surface area contributed by atoms with Crippen molar-refractivity contribution in [1.82, 2.24) is 9.66 Å². The Labute approximate surface area is 105 Å². The van der Waals surface area contributed by atoms with E-state index in [2.05, 4.69) is 10.4 Å². The molecule has 18 heavy (non-hydrogen) atoms. The van der Waals surface area contributed by atoms with Crippen molar-refractivity contribution in [1.29, 1.82) is 0 Å². The van der Waals surface area contributed by atoms with Crippen molar-refractivity contribution in [3.05, 3.63) is 30.6 Å². The fourth-order valence-electron chi connectivity index (χ4n) is 2.22. The number of aromatic nitrogens is 2. The Kier molecular flexibility index (Phi) is 2.98. The molecule has 94 valence electrons. The third-order valence-electron chi connectivity index (χ3n) is 3.28. The van der Waals surface area contributed by atoms with E-state index in [1.54, 1.807) is 11.0 Å². The smallest absolute Gasteiger partial charge is 0.242 e. The van der Waals surface area contributed by atoms with E-state index >= 15 is 0 Å². The maximum Gasteiger partial charge on any atom is 0.242 e. The number of para-hydroxylation sites is 2. The van der Waals surface area contributed by atoms with E-state index in [0.717, 1.165) is 23.9 Å². The zero-order chi connectivity index (χ0) is 12.4. The number of hydrogen-bond donors (Lipinski definition) is 1. The largest absolute Gasteiger partial charge is 0.381 e. The maximum atomic E-state index is 12.1. The van der Waals surface area contributed by atoms with Crippen LogP contribution in [-0.2, 0) is 9.53 Å². The molecule has 3 rings (SSSR count). The molecular weight excluding hydrogens is 230 g/mol. The molecule has 0 atom stereocenters. The van der Waals surface area contributed by atoms with Gasteiger partial charge in [0.25, 0.3) is 0 Å². The first-order valence-electron chi connectivity index (χ1n) is 6.15. The van der Waals surface area contributed by atoms with Crippen molar-refractivity contribution in [3.63, 3.8) is 0 Å². The summed E-state index contributed by atoms with van der Waals surface area (Å²) in [6.07, 6.45) is 3.22. The molecule has 2 aromatic rings. The van der Waals surface area contributed by atoms with Gasteiger partial charge in [-0.05, 0) is 25.0 Å². The Hall–Kier alpha value is -1.88. The van der Waals surface area contributed by atoms with Gasteiger partial charge in [-0.15, -0.1) is 0 Å². The number of ether oxygens (including phenoxy) is 1. The van der Waals surface area contributed by atoms with Crippen LogP contribution in [0.2, 0.25) is 0 Å². The van der Waals surface area contributed by atoms with Gasteiger partial charge in [0.15, 0.2) is 0 Å². The van der Waals surface area contributed by atoms with Crippen LogP contribution in [0.3, 0.4) is 0 Å². The first-order chi connectivity index (χ1) is 8.84. The minimum Gasteiger partial charge on any atom is -0.381 e. The number of hydrogen-bond acceptors (Lipinski definition) is 3. The summed E-state index contributed by atoms with van der Waals surface area (Å²) in [6.45, 7) is 1.34. The number of benzene rings is 1. The van der Waals surface area contributed by atoms with Crippen LogP contribution < -0.4 is 5.43 Å². The number of fused-ring (bicyclic) bond motifs is 1. The van der Waals surface area contributed by atoms with Gasteiger partial charge in [0.2, 0.25) is 5.91 Å². The average molecular weight is 245 g/mol. The lowest BCUT2D eigenvalue weighted by atomic mass is 10.00. The van der Waals surface area contributed by atoms with Gasteiger partial charge in [0.05, 0.1) is 11.0 Å². The van der Waals surface area contributed by atoms with Crippen LogP contribution in [0.15, 0.2) is 30.6 Å². The molecule has 0 bridgehead atoms. The molecule has 0 spiro atoms. The molecule has 0 unspecified atom stereocenters. The third kappa shape index (κ3) is 2.09. The lowest BCUT2D eigenvalue weighted by molar-refractivity contribution is -0.123. The maximum absolute atomic E-state index is 12.1. The van der Waals surface area contributed by atoms with Crippen LogP contribution in [0.25, 0.3) is 11.0 Å². The van der Waals surface area contributed by atoms with Gasteiger partial charge in [0.1, 0.15) is 6.33 Å². The van der Waals surface area contributed by atoms with E-state index in [1.165, 1.54) is 0 Å². The molecule has 1 saturated heterocycles. The molecule has 5 nitrogen and oxygen atoms in total. The van der Waals surface area contributed by atoms with Crippen molar-refractivity contribution in [2.75, 3.05) is 18.6 Å². The summed E-state index contributed by atoms with van der Waals surface area (Å²) >= 11 is 0. The molecule has 1 aromatic carbocycles. The monoisotopic (exact) mass is 245 g/mol. The molecule has 0 aliphatic carbocycles. The summed E-state index contributed by atoms with van der Waals surface area (Å²) in [5.41, 5.74) is 4.69. The van der Waals surface area contributed by atoms with Gasteiger partial charge in [0, 0.05) is 19.1 Å². The molecule has 1 amide bonds. The fourth-order valence-corrected chi connectivity index (χ4v) is 2.22. The second kappa shape index (κ2) is 4.78. The summed E-state index contributed by atoms with van der Waals surface area (Å²) in [4.78, 5) is 16.3. The number of amides is 1. The second-order valence-corrected chi connectivity index (χ2v) is 4.47. The van der Waals surface area contributed by atoms with Crippen LogP contribution in [0, 0.1) is 5.92 Å². The number of carbonyl (C=O) groups excluding carboxylic acids is 1. The SMILES string of the molecule is O=C(Nn1cnc2ccccc21)C1CCOCC1. The molecule has 1 aromatic heterocycles. The highest BCUT2D eigenvalue weighted by Gasteiger charge is 2.21. The van der Waals surface area contributed by atoms with Crippen LogP contribution in [0.5, 0.6) is 0 Å². The molecular formula is C13H15N3O2. The van der Waals surface area contributed by atoms with Crippen molar-refractivity contribution in [2.45, 2.75) is 12.8 Å². The van der Waals surface area contributed by atoms with Crippen LogP contribution >= 0.6 is 0 Å². The number of carbonyl (C=O) groups is 1. The highest BCUT2D eigenvalue weighted by molar-refractivity contribution is 5.88. The van der Waals surface area contributed by atoms with Crippen LogP contribution in [0.4, 0.5) is 0 Å². The minimum atomic E-state index is 0.0416. The van der Waals surface area contributed by atoms with Gasteiger partial charge < -0.3 is 4.74 Å². The molecule has 1 N–H and O–H groups in total. The van der Waals surface area contributed by atoms with E-state index in [9.17, 15) is 4.79 Å². The zero-order valence-electron chi connectivity index (χ0n) is 10.0. The zero-order valence-corrected chi connectivity index (χ0v) is 10.0. The molecule has 1 fully saturated rings. The molecule has 1 aliphatic rings. The van der Waals surface area contributed by atoms with E-state index in [-0.39, 0.29) is 11.8 Å². The highest BCUT2D eigenvalue weighted by Crippen LogP contribution is 2.16. The van der Waals surface area contributed by atoms with Crippen molar-refractivity contribution >= 4 is 16.9 Å². The molecule has 2 heterocycles. The summed E-state index contributed by atoms with van der Waals surface area (Å²) < 4.78 is 6.94. The first-order valence-corrected chi connectivity index (χ1v) is 6.15. The van der Waals surface area contributed by atoms with E-state index in [1.807, 2.05) is 24.3 Å². The van der Waals surface area contributed by atoms with E-state index < -0.39 is 0 Å². The van der Waals surface area contributed by atoms with Crippen molar-refractivity contribution in [2.24, 2.45) is 5.92 Å². The summed E-state index contributed by atoms with van der Waals surface area (Å²) in [5, 5.41) is 0. The number of rotatable bonds is 2. The van der Waals surface area contributed by atoms with Gasteiger partial charge in [-0.1, -0.05) is 12.1 Å². The fraction of sp³-hybridized carbons (Fsp3) is 0.385. The first kappa shape index (κ1) is 11.2. The van der Waals surface area contributed by atoms with E-state index in [0.29, 0.717) is 13.2 Å². The lowest BCUT2D eigenvalue weighted by Crippen LogP contribution is -2.32. The Morgan fingerprint density at radius 1 is 1.33 bits per heavy atom. The minimum absolute atomic E-state index is 0.0416. The standard InChI is InChI=1S/C13H15N3O2/c17-13(10-5-7-18-8-6-10)15-16-9-14-11-3-1-2-4-12(11)16/h1-4,9-10H,5-8H2,(H,15,17). The Balaban J connectivity index is 1.77. The topological polar surface area (TPSA) is 56.2 Å². The summed E-state index contributed by atoms with van der Waals surface area (Å²) in [5.74, 6) is 0.0846. The van der Waals surface area contributed by atoms with Crippen LogP contribution in [-0.4, -0.2) is 28.8 Å². The normalized spacial score (nSPS) is 16.9. The Morgan fingerprint density at radius 2 is 2.11 bits per heavy atom. The predicted octanol–water partition coefficient (Wildman–Crippen LogP) is 1.53. The number of imidazole rings is 1. The molecule has 0 radical (unpaired) electrons. The van der Waals surface area contributed by atoms with Gasteiger partial charge in [-0.2, -0.15) is 0 Å².